The zero-order valence-corrected chi connectivity index (χ0v) is 13.1. The Morgan fingerprint density at radius 1 is 1.22 bits per heavy atom. The van der Waals surface area contributed by atoms with E-state index >= 15 is 0 Å². The van der Waals surface area contributed by atoms with Gasteiger partial charge in [-0.05, 0) is 44.5 Å². The van der Waals surface area contributed by atoms with Gasteiger partial charge in [-0.1, -0.05) is 0 Å². The molecule has 1 unspecified atom stereocenters. The minimum atomic E-state index is 0.403. The van der Waals surface area contributed by atoms with Crippen molar-refractivity contribution in [2.24, 2.45) is 0 Å². The largest absolute Gasteiger partial charge is 0.365 e. The molecule has 0 amide bonds. The zero-order chi connectivity index (χ0) is 15.6. The van der Waals surface area contributed by atoms with Crippen molar-refractivity contribution in [3.63, 3.8) is 0 Å². The Kier molecular flexibility index (Phi) is 3.67. The number of nitrogens with one attached hydrogen (secondary N) is 3. The third kappa shape index (κ3) is 2.90. The third-order valence-corrected chi connectivity index (χ3v) is 4.21. The number of piperidine rings is 1. The van der Waals surface area contributed by atoms with Crippen molar-refractivity contribution in [2.45, 2.75) is 25.8 Å². The second kappa shape index (κ2) is 5.96. The van der Waals surface area contributed by atoms with Crippen LogP contribution < -0.4 is 10.6 Å². The summed E-state index contributed by atoms with van der Waals surface area (Å²) in [6.07, 6.45) is 6.00. The lowest BCUT2D eigenvalue weighted by molar-refractivity contribution is 0.479. The first kappa shape index (κ1) is 14.1. The summed E-state index contributed by atoms with van der Waals surface area (Å²) in [6.45, 7) is 4.08. The molecule has 4 heterocycles. The van der Waals surface area contributed by atoms with Crippen LogP contribution in [0.5, 0.6) is 0 Å². The van der Waals surface area contributed by atoms with Gasteiger partial charge in [-0.3, -0.25) is 0 Å². The van der Waals surface area contributed by atoms with Gasteiger partial charge in [0.15, 0.2) is 5.65 Å². The van der Waals surface area contributed by atoms with Crippen LogP contribution in [0.2, 0.25) is 0 Å². The van der Waals surface area contributed by atoms with Crippen molar-refractivity contribution in [3.05, 3.63) is 36.3 Å². The second-order valence-corrected chi connectivity index (χ2v) is 6.00. The molecule has 118 valence electrons. The molecule has 1 fully saturated rings. The number of aromatic amines is 1. The summed E-state index contributed by atoms with van der Waals surface area (Å²) in [6, 6.07) is 6.43. The molecule has 0 radical (unpaired) electrons. The highest BCUT2D eigenvalue weighted by molar-refractivity contribution is 5.78. The molecule has 0 saturated carbocycles. The molecule has 6 heteroatoms. The molecule has 0 aliphatic carbocycles. The summed E-state index contributed by atoms with van der Waals surface area (Å²) in [4.78, 5) is 16.9. The van der Waals surface area contributed by atoms with Gasteiger partial charge in [-0.25, -0.2) is 15.0 Å². The number of anilines is 1. The number of H-pyrrole nitrogens is 1. The molecule has 0 spiro atoms. The van der Waals surface area contributed by atoms with Crippen molar-refractivity contribution in [1.29, 1.82) is 0 Å². The van der Waals surface area contributed by atoms with Gasteiger partial charge in [0.2, 0.25) is 0 Å². The molecular weight excluding hydrogens is 288 g/mol. The summed E-state index contributed by atoms with van der Waals surface area (Å²) >= 11 is 0. The van der Waals surface area contributed by atoms with Gasteiger partial charge in [0.05, 0.1) is 11.9 Å². The molecule has 3 N–H and O–H groups in total. The summed E-state index contributed by atoms with van der Waals surface area (Å²) in [5, 5.41) is 7.01. The van der Waals surface area contributed by atoms with Crippen molar-refractivity contribution < 1.29 is 0 Å². The Balaban J connectivity index is 1.71. The minimum absolute atomic E-state index is 0.403. The Bertz CT molecular complexity index is 819. The number of pyridine rings is 1. The van der Waals surface area contributed by atoms with Gasteiger partial charge in [-0.15, -0.1) is 0 Å². The number of nitrogens with zero attached hydrogens (tertiary/aromatic N) is 3. The number of rotatable bonds is 3. The second-order valence-electron chi connectivity index (χ2n) is 6.00. The molecule has 1 aliphatic heterocycles. The lowest BCUT2D eigenvalue weighted by Crippen LogP contribution is -2.38. The first-order chi connectivity index (χ1) is 11.3. The van der Waals surface area contributed by atoms with Crippen LogP contribution in [0.1, 0.15) is 18.5 Å². The molecule has 23 heavy (non-hydrogen) atoms. The molecule has 0 bridgehead atoms. The molecule has 3 aromatic rings. The highest BCUT2D eigenvalue weighted by Gasteiger charge is 2.17. The summed E-state index contributed by atoms with van der Waals surface area (Å²) in [5.74, 6) is 0.892. The van der Waals surface area contributed by atoms with E-state index < -0.39 is 0 Å². The molecule has 1 atom stereocenters. The minimum Gasteiger partial charge on any atom is -0.365 e. The first-order valence-electron chi connectivity index (χ1n) is 8.05. The summed E-state index contributed by atoms with van der Waals surface area (Å²) < 4.78 is 0. The van der Waals surface area contributed by atoms with Crippen LogP contribution in [0.25, 0.3) is 22.4 Å². The Hall–Kier alpha value is -2.47. The number of fused-ring (bicyclic) bond motifs is 1. The quantitative estimate of drug-likeness (QED) is 0.693. The maximum Gasteiger partial charge on any atom is 0.156 e. The maximum atomic E-state index is 4.70. The van der Waals surface area contributed by atoms with E-state index in [0.717, 1.165) is 53.4 Å². The SMILES string of the molecule is Cc1ccc(-c2cnc3[nH]ccc3n2)c(NC2CCCNC2)n1. The van der Waals surface area contributed by atoms with Crippen molar-refractivity contribution in [2.75, 3.05) is 18.4 Å². The fraction of sp³-hybridized carbons (Fsp3) is 0.353. The van der Waals surface area contributed by atoms with Gasteiger partial charge in [0.25, 0.3) is 0 Å². The van der Waals surface area contributed by atoms with Crippen LogP contribution in [0, 0.1) is 6.92 Å². The van der Waals surface area contributed by atoms with E-state index in [-0.39, 0.29) is 0 Å². The van der Waals surface area contributed by atoms with Gasteiger partial charge < -0.3 is 15.6 Å². The van der Waals surface area contributed by atoms with Gasteiger partial charge in [0.1, 0.15) is 11.3 Å². The van der Waals surface area contributed by atoms with E-state index in [4.69, 9.17) is 9.97 Å². The summed E-state index contributed by atoms with van der Waals surface area (Å²) in [5.41, 5.74) is 4.51. The van der Waals surface area contributed by atoms with Crippen molar-refractivity contribution in [3.8, 4) is 11.3 Å². The fourth-order valence-electron chi connectivity index (χ4n) is 3.00. The fourth-order valence-corrected chi connectivity index (χ4v) is 3.00. The normalized spacial score (nSPS) is 18.2. The third-order valence-electron chi connectivity index (χ3n) is 4.21. The highest BCUT2D eigenvalue weighted by atomic mass is 15.1. The number of aromatic nitrogens is 4. The van der Waals surface area contributed by atoms with Gasteiger partial charge >= 0.3 is 0 Å². The van der Waals surface area contributed by atoms with E-state index in [1.165, 1.54) is 6.42 Å². The number of hydrogen-bond donors (Lipinski definition) is 3. The van der Waals surface area contributed by atoms with Crippen LogP contribution >= 0.6 is 0 Å². The predicted molar refractivity (Wildman–Crippen MR) is 91.4 cm³/mol. The van der Waals surface area contributed by atoms with Gasteiger partial charge in [-0.2, -0.15) is 0 Å². The molecule has 3 aromatic heterocycles. The van der Waals surface area contributed by atoms with Gasteiger partial charge in [0, 0.05) is 30.0 Å². The highest BCUT2D eigenvalue weighted by Crippen LogP contribution is 2.27. The molecule has 4 rings (SSSR count). The predicted octanol–water partition coefficient (Wildman–Crippen LogP) is 2.49. The summed E-state index contributed by atoms with van der Waals surface area (Å²) in [7, 11) is 0. The molecule has 1 aliphatic rings. The van der Waals surface area contributed by atoms with Crippen molar-refractivity contribution in [1.82, 2.24) is 25.3 Å². The number of hydrogen-bond acceptors (Lipinski definition) is 5. The molecule has 6 nitrogen and oxygen atoms in total. The lowest BCUT2D eigenvalue weighted by atomic mass is 10.1. The van der Waals surface area contributed by atoms with Crippen LogP contribution in [0.4, 0.5) is 5.82 Å². The van der Waals surface area contributed by atoms with Crippen LogP contribution in [-0.4, -0.2) is 39.1 Å². The average molecular weight is 308 g/mol. The first-order valence-corrected chi connectivity index (χ1v) is 8.05. The molecular formula is C17H20N6. The standard InChI is InChI=1S/C17H20N6/c1-11-4-5-13(15-10-20-17-14(23-15)6-8-19-17)16(21-11)22-12-3-2-7-18-9-12/h4-6,8,10,12,18H,2-3,7,9H2,1H3,(H,19,20)(H,21,22). The lowest BCUT2D eigenvalue weighted by Gasteiger charge is -2.25. The average Bonchev–Trinajstić information content (AvgIpc) is 3.03. The van der Waals surface area contributed by atoms with E-state index in [1.807, 2.05) is 25.3 Å². The van der Waals surface area contributed by atoms with E-state index in [2.05, 4.69) is 26.7 Å². The van der Waals surface area contributed by atoms with Crippen LogP contribution in [-0.2, 0) is 0 Å². The smallest absolute Gasteiger partial charge is 0.156 e. The topological polar surface area (TPSA) is 78.5 Å². The monoisotopic (exact) mass is 308 g/mol. The van der Waals surface area contributed by atoms with E-state index in [9.17, 15) is 0 Å². The Morgan fingerprint density at radius 2 is 2.17 bits per heavy atom. The zero-order valence-electron chi connectivity index (χ0n) is 13.1. The van der Waals surface area contributed by atoms with Crippen molar-refractivity contribution >= 4 is 17.0 Å². The van der Waals surface area contributed by atoms with Crippen LogP contribution in [0.3, 0.4) is 0 Å². The Morgan fingerprint density at radius 3 is 3.04 bits per heavy atom. The number of aryl methyl sites for hydroxylation is 1. The van der Waals surface area contributed by atoms with E-state index in [1.54, 1.807) is 6.20 Å². The van der Waals surface area contributed by atoms with E-state index in [0.29, 0.717) is 6.04 Å². The molecule has 0 aromatic carbocycles. The Labute approximate surface area is 134 Å². The maximum absolute atomic E-state index is 4.70. The van der Waals surface area contributed by atoms with Crippen LogP contribution in [0.15, 0.2) is 30.6 Å². The molecule has 1 saturated heterocycles.